The topological polar surface area (TPSA) is 43.4 Å². The molecule has 116 valence electrons. The second-order valence-corrected chi connectivity index (χ2v) is 7.30. The molecule has 2 saturated heterocycles. The maximum absolute atomic E-state index is 12.3. The number of fused-ring (bicyclic) bond motifs is 1. The highest BCUT2D eigenvalue weighted by atomic mass is 32.2. The lowest BCUT2D eigenvalue weighted by Gasteiger charge is -2.19. The number of hydrogen-bond acceptors (Lipinski definition) is 3. The van der Waals surface area contributed by atoms with Crippen LogP contribution in [-0.4, -0.2) is 43.6 Å². The van der Waals surface area contributed by atoms with Gasteiger partial charge in [-0.25, -0.2) is 0 Å². The lowest BCUT2D eigenvalue weighted by Crippen LogP contribution is -2.35. The highest BCUT2D eigenvalue weighted by molar-refractivity contribution is 7.87. The molecule has 0 radical (unpaired) electrons. The third-order valence-electron chi connectivity index (χ3n) is 4.20. The monoisotopic (exact) mass is 322 g/mol. The van der Waals surface area contributed by atoms with Crippen molar-refractivity contribution in [2.75, 3.05) is 13.1 Å². The molecular formula is C13H15F3NO3S+. The Labute approximate surface area is 120 Å². The van der Waals surface area contributed by atoms with E-state index in [2.05, 4.69) is 4.18 Å². The van der Waals surface area contributed by atoms with E-state index in [9.17, 15) is 21.6 Å². The number of quaternary nitrogens is 1. The van der Waals surface area contributed by atoms with E-state index in [-0.39, 0.29) is 6.04 Å². The summed E-state index contributed by atoms with van der Waals surface area (Å²) in [5, 5.41) is 0. The van der Waals surface area contributed by atoms with Crippen LogP contribution in [0.1, 0.15) is 12.0 Å². The fourth-order valence-corrected chi connectivity index (χ4v) is 3.79. The Morgan fingerprint density at radius 1 is 1.19 bits per heavy atom. The molecule has 1 aromatic rings. The average molecular weight is 322 g/mol. The molecule has 0 spiro atoms. The largest absolute Gasteiger partial charge is 0.523 e. The zero-order valence-corrected chi connectivity index (χ0v) is 11.9. The van der Waals surface area contributed by atoms with Crippen LogP contribution in [0, 0.1) is 0 Å². The fourth-order valence-electron chi connectivity index (χ4n) is 3.19. The minimum absolute atomic E-state index is 0.207. The number of halogens is 3. The first kappa shape index (κ1) is 14.8. The second-order valence-electron chi connectivity index (χ2n) is 5.74. The molecule has 2 aliphatic rings. The smallest absolute Gasteiger partial charge is 0.306 e. The minimum atomic E-state index is -5.49. The summed E-state index contributed by atoms with van der Waals surface area (Å²) < 4.78 is 64.0. The van der Waals surface area contributed by atoms with Crippen LogP contribution >= 0.6 is 0 Å². The molecule has 0 aliphatic carbocycles. The molecule has 2 fully saturated rings. The van der Waals surface area contributed by atoms with Gasteiger partial charge < -0.3 is 4.48 Å². The van der Waals surface area contributed by atoms with Crippen LogP contribution in [0.2, 0.25) is 0 Å². The van der Waals surface area contributed by atoms with Crippen LogP contribution in [0.5, 0.6) is 0 Å². The van der Waals surface area contributed by atoms with Crippen LogP contribution < -0.4 is 0 Å². The highest BCUT2D eigenvalue weighted by Gasteiger charge is 2.63. The quantitative estimate of drug-likeness (QED) is 0.369. The van der Waals surface area contributed by atoms with Crippen molar-refractivity contribution in [3.63, 3.8) is 0 Å². The van der Waals surface area contributed by atoms with Crippen molar-refractivity contribution in [3.8, 4) is 0 Å². The summed E-state index contributed by atoms with van der Waals surface area (Å²) in [6.07, 6.45) is -0.513. The zero-order chi connectivity index (χ0) is 15.3. The van der Waals surface area contributed by atoms with Gasteiger partial charge in [0, 0.05) is 12.0 Å². The van der Waals surface area contributed by atoms with Crippen molar-refractivity contribution in [2.24, 2.45) is 0 Å². The van der Waals surface area contributed by atoms with E-state index in [1.54, 1.807) is 0 Å². The lowest BCUT2D eigenvalue weighted by molar-refractivity contribution is -0.819. The van der Waals surface area contributed by atoms with Crippen molar-refractivity contribution in [1.29, 1.82) is 0 Å². The molecular weight excluding hydrogens is 307 g/mol. The summed E-state index contributed by atoms with van der Waals surface area (Å²) in [7, 11) is -5.49. The van der Waals surface area contributed by atoms with Crippen molar-refractivity contribution in [1.82, 2.24) is 0 Å². The molecule has 4 nitrogen and oxygen atoms in total. The van der Waals surface area contributed by atoms with Gasteiger partial charge in [-0.15, -0.1) is 0 Å². The summed E-state index contributed by atoms with van der Waals surface area (Å²) in [4.78, 5) is 0. The van der Waals surface area contributed by atoms with E-state index in [1.807, 2.05) is 30.3 Å². The van der Waals surface area contributed by atoms with E-state index in [4.69, 9.17) is 0 Å². The van der Waals surface area contributed by atoms with Crippen molar-refractivity contribution < 1.29 is 30.3 Å². The Morgan fingerprint density at radius 3 is 2.48 bits per heavy atom. The molecule has 0 bridgehead atoms. The highest BCUT2D eigenvalue weighted by Crippen LogP contribution is 2.45. The molecule has 2 heterocycles. The van der Waals surface area contributed by atoms with Gasteiger partial charge in [0.1, 0.15) is 31.8 Å². The van der Waals surface area contributed by atoms with E-state index >= 15 is 0 Å². The second kappa shape index (κ2) is 4.69. The van der Waals surface area contributed by atoms with E-state index in [0.29, 0.717) is 24.0 Å². The van der Waals surface area contributed by atoms with Crippen LogP contribution in [0.3, 0.4) is 0 Å². The molecule has 3 atom stereocenters. The Kier molecular flexibility index (Phi) is 3.30. The number of alkyl halides is 3. The van der Waals surface area contributed by atoms with Crippen LogP contribution in [-0.2, 0) is 20.8 Å². The fraction of sp³-hybridized carbons (Fsp3) is 0.538. The third kappa shape index (κ3) is 2.79. The first-order chi connectivity index (χ1) is 9.72. The van der Waals surface area contributed by atoms with Gasteiger partial charge in [0.15, 0.2) is 0 Å². The predicted molar refractivity (Wildman–Crippen MR) is 68.4 cm³/mol. The molecule has 1 aromatic carbocycles. The summed E-state index contributed by atoms with van der Waals surface area (Å²) in [6.45, 7) is 1.90. The van der Waals surface area contributed by atoms with Gasteiger partial charge in [-0.2, -0.15) is 21.6 Å². The molecule has 8 heteroatoms. The van der Waals surface area contributed by atoms with E-state index in [1.165, 1.54) is 0 Å². The Balaban J connectivity index is 1.65. The van der Waals surface area contributed by atoms with Crippen LogP contribution in [0.25, 0.3) is 0 Å². The maximum Gasteiger partial charge on any atom is 0.523 e. The van der Waals surface area contributed by atoms with E-state index < -0.39 is 21.7 Å². The van der Waals surface area contributed by atoms with Crippen LogP contribution in [0.4, 0.5) is 13.2 Å². The Morgan fingerprint density at radius 2 is 1.86 bits per heavy atom. The summed E-state index contributed by atoms with van der Waals surface area (Å²) in [6, 6.07) is 9.84. The first-order valence-electron chi connectivity index (χ1n) is 6.61. The zero-order valence-electron chi connectivity index (χ0n) is 11.1. The minimum Gasteiger partial charge on any atom is -0.306 e. The standard InChI is InChI=1S/C13H15F3NO3S/c14-13(15,16)21(18,19)20-12-6-11-8-17(11,9-12)7-10-4-2-1-3-5-10/h1-5,11-12H,6-9H2/q+1/t11-,12-,17?/m1/s1. The molecule has 0 aromatic heterocycles. The molecule has 0 saturated carbocycles. The molecule has 2 aliphatic heterocycles. The van der Waals surface area contributed by atoms with Crippen LogP contribution in [0.15, 0.2) is 30.3 Å². The summed E-state index contributed by atoms with van der Waals surface area (Å²) >= 11 is 0. The third-order valence-corrected chi connectivity index (χ3v) is 5.30. The van der Waals surface area contributed by atoms with E-state index in [0.717, 1.165) is 12.1 Å². The van der Waals surface area contributed by atoms with Crippen molar-refractivity contribution in [3.05, 3.63) is 35.9 Å². The van der Waals surface area contributed by atoms with Gasteiger partial charge in [0.05, 0.1) is 0 Å². The van der Waals surface area contributed by atoms with Gasteiger partial charge >= 0.3 is 15.6 Å². The normalized spacial score (nSPS) is 32.0. The Bertz CT molecular complexity index is 632. The number of nitrogens with zero attached hydrogens (tertiary/aromatic N) is 1. The van der Waals surface area contributed by atoms with Gasteiger partial charge in [-0.1, -0.05) is 30.3 Å². The van der Waals surface area contributed by atoms with Gasteiger partial charge in [0.2, 0.25) is 0 Å². The molecule has 0 amide bonds. The van der Waals surface area contributed by atoms with Gasteiger partial charge in [0.25, 0.3) is 0 Å². The molecule has 21 heavy (non-hydrogen) atoms. The SMILES string of the molecule is O=S(=O)(O[C@@H]1C[C@@H]2C[N+]2(Cc2ccccc2)C1)C(F)(F)F. The van der Waals surface area contributed by atoms with Crippen molar-refractivity contribution >= 4 is 10.1 Å². The number of benzene rings is 1. The number of piperidine rings is 1. The maximum atomic E-state index is 12.3. The van der Waals surface area contributed by atoms with Crippen molar-refractivity contribution in [2.45, 2.75) is 30.6 Å². The summed E-state index contributed by atoms with van der Waals surface area (Å²) in [5.41, 5.74) is -4.25. The summed E-state index contributed by atoms with van der Waals surface area (Å²) in [5.74, 6) is 0. The Hall–Kier alpha value is -1.12. The molecule has 3 rings (SSSR count). The molecule has 0 N–H and O–H groups in total. The predicted octanol–water partition coefficient (Wildman–Crippen LogP) is 2.02. The first-order valence-corrected chi connectivity index (χ1v) is 8.02. The lowest BCUT2D eigenvalue weighted by atomic mass is 10.2. The number of rotatable bonds is 4. The van der Waals surface area contributed by atoms with Gasteiger partial charge in [-0.3, -0.25) is 4.18 Å². The average Bonchev–Trinajstić information content (AvgIpc) is 2.90. The van der Waals surface area contributed by atoms with Gasteiger partial charge in [-0.05, 0) is 0 Å². The molecule has 1 unspecified atom stereocenters. The number of hydrogen-bond donors (Lipinski definition) is 0.